The second-order valence-corrected chi connectivity index (χ2v) is 3.94. The minimum atomic E-state index is -0.947. The summed E-state index contributed by atoms with van der Waals surface area (Å²) in [6.45, 7) is 1.61. The summed E-state index contributed by atoms with van der Waals surface area (Å²) in [6, 6.07) is 0. The third-order valence-electron chi connectivity index (χ3n) is 2.27. The van der Waals surface area contributed by atoms with E-state index in [1.54, 1.807) is 4.09 Å². The van der Waals surface area contributed by atoms with Crippen molar-refractivity contribution < 1.29 is 14.3 Å². The van der Waals surface area contributed by atoms with Gasteiger partial charge in [-0.05, 0) is 18.9 Å². The topological polar surface area (TPSA) is 61.2 Å². The Hall–Kier alpha value is -1.14. The molecule has 0 fully saturated rings. The van der Waals surface area contributed by atoms with Gasteiger partial charge in [0.15, 0.2) is 11.9 Å². The van der Waals surface area contributed by atoms with E-state index in [4.69, 9.17) is 4.74 Å². The zero-order valence-electron chi connectivity index (χ0n) is 8.39. The average molecular weight is 226 g/mol. The summed E-state index contributed by atoms with van der Waals surface area (Å²) in [5, 5.41) is 4.03. The third-order valence-corrected chi connectivity index (χ3v) is 2.93. The number of carbonyl (C=O) groups is 2. The number of ether oxygens (including phenoxy) is 1. The molecule has 15 heavy (non-hydrogen) atoms. The van der Waals surface area contributed by atoms with Gasteiger partial charge >= 0.3 is 0 Å². The van der Waals surface area contributed by atoms with Crippen LogP contribution in [0, 0.1) is 0 Å². The molecule has 0 spiro atoms. The van der Waals surface area contributed by atoms with Crippen LogP contribution in [0.2, 0.25) is 0 Å². The molecule has 80 valence electrons. The van der Waals surface area contributed by atoms with Gasteiger partial charge in [0, 0.05) is 6.26 Å². The van der Waals surface area contributed by atoms with Crippen LogP contribution in [-0.2, 0) is 16.1 Å². The normalized spacial score (nSPS) is 20.1. The molecule has 1 aromatic heterocycles. The largest absolute Gasteiger partial charge is 0.356 e. The molecule has 0 amide bonds. The van der Waals surface area contributed by atoms with Crippen LogP contribution in [0.1, 0.15) is 23.0 Å². The highest BCUT2D eigenvalue weighted by molar-refractivity contribution is 7.97. The molecule has 0 N–H and O–H groups in total. The highest BCUT2D eigenvalue weighted by Gasteiger charge is 2.34. The molecule has 0 bridgehead atoms. The van der Waals surface area contributed by atoms with Gasteiger partial charge in [-0.2, -0.15) is 5.10 Å². The maximum Gasteiger partial charge on any atom is 0.202 e. The van der Waals surface area contributed by atoms with Crippen molar-refractivity contribution in [2.45, 2.75) is 19.6 Å². The van der Waals surface area contributed by atoms with Crippen molar-refractivity contribution in [2.24, 2.45) is 0 Å². The molecule has 0 saturated heterocycles. The first-order valence-electron chi connectivity index (χ1n) is 4.42. The van der Waals surface area contributed by atoms with E-state index in [0.29, 0.717) is 5.56 Å². The van der Waals surface area contributed by atoms with E-state index in [1.165, 1.54) is 25.1 Å². The second kappa shape index (κ2) is 3.79. The zero-order chi connectivity index (χ0) is 11.0. The standard InChI is InChI=1S/C9H10N2O3S/c1-5(12)9-8(13)6-3-10-11(15-2)7(6)4-14-9/h3,9H,4H2,1-2H3. The molecule has 2 heterocycles. The Bertz CT molecular complexity index is 427. The van der Waals surface area contributed by atoms with E-state index in [1.807, 2.05) is 6.26 Å². The summed E-state index contributed by atoms with van der Waals surface area (Å²) in [6.07, 6.45) is 2.40. The Balaban J connectivity index is 2.39. The van der Waals surface area contributed by atoms with Gasteiger partial charge in [0.25, 0.3) is 0 Å². The predicted octanol–water partition coefficient (Wildman–Crippen LogP) is 0.680. The summed E-state index contributed by atoms with van der Waals surface area (Å²) in [4.78, 5) is 22.9. The van der Waals surface area contributed by atoms with Crippen molar-refractivity contribution in [3.05, 3.63) is 17.5 Å². The first-order valence-corrected chi connectivity index (χ1v) is 5.61. The van der Waals surface area contributed by atoms with Crippen LogP contribution in [0.4, 0.5) is 0 Å². The van der Waals surface area contributed by atoms with Crippen LogP contribution < -0.4 is 0 Å². The second-order valence-electron chi connectivity index (χ2n) is 3.23. The van der Waals surface area contributed by atoms with Crippen LogP contribution >= 0.6 is 11.9 Å². The van der Waals surface area contributed by atoms with Gasteiger partial charge in [0.05, 0.1) is 24.1 Å². The number of rotatable bonds is 2. The number of aromatic nitrogens is 2. The monoisotopic (exact) mass is 226 g/mol. The Morgan fingerprint density at radius 3 is 3.07 bits per heavy atom. The fraction of sp³-hybridized carbons (Fsp3) is 0.444. The van der Waals surface area contributed by atoms with E-state index in [9.17, 15) is 9.59 Å². The number of hydrogen-bond acceptors (Lipinski definition) is 5. The lowest BCUT2D eigenvalue weighted by atomic mass is 10.0. The molecule has 0 aliphatic carbocycles. The van der Waals surface area contributed by atoms with Crippen molar-refractivity contribution in [1.29, 1.82) is 0 Å². The summed E-state index contributed by atoms with van der Waals surface area (Å²) in [5.41, 5.74) is 1.22. The van der Waals surface area contributed by atoms with Gasteiger partial charge in [0.1, 0.15) is 0 Å². The summed E-state index contributed by atoms with van der Waals surface area (Å²) in [7, 11) is 0. The number of hydrogen-bond donors (Lipinski definition) is 0. The fourth-order valence-electron chi connectivity index (χ4n) is 1.53. The molecular weight excluding hydrogens is 216 g/mol. The van der Waals surface area contributed by atoms with E-state index < -0.39 is 6.10 Å². The lowest BCUT2D eigenvalue weighted by Crippen LogP contribution is -2.35. The Morgan fingerprint density at radius 1 is 1.73 bits per heavy atom. The number of ketones is 2. The Kier molecular flexibility index (Phi) is 2.62. The third kappa shape index (κ3) is 1.59. The molecule has 1 aliphatic heterocycles. The van der Waals surface area contributed by atoms with Crippen LogP contribution in [0.3, 0.4) is 0 Å². The number of carbonyl (C=O) groups excluding carboxylic acids is 2. The molecular formula is C9H10N2O3S. The van der Waals surface area contributed by atoms with E-state index in [2.05, 4.69) is 5.10 Å². The maximum atomic E-state index is 11.8. The van der Waals surface area contributed by atoms with Crippen molar-refractivity contribution in [3.8, 4) is 0 Å². The predicted molar refractivity (Wildman–Crippen MR) is 54.7 cm³/mol. The summed E-state index contributed by atoms with van der Waals surface area (Å²) < 4.78 is 6.83. The highest BCUT2D eigenvalue weighted by Crippen LogP contribution is 2.23. The quantitative estimate of drug-likeness (QED) is 0.694. The average Bonchev–Trinajstić information content (AvgIpc) is 2.61. The van der Waals surface area contributed by atoms with Gasteiger partial charge in [-0.1, -0.05) is 0 Å². The van der Waals surface area contributed by atoms with Crippen LogP contribution in [0.5, 0.6) is 0 Å². The SMILES string of the molecule is CSn1ncc2c1COC(C(C)=O)C2=O. The first-order chi connectivity index (χ1) is 7.15. The smallest absolute Gasteiger partial charge is 0.202 e. The highest BCUT2D eigenvalue weighted by atomic mass is 32.2. The summed E-state index contributed by atoms with van der Waals surface area (Å²) >= 11 is 1.39. The lowest BCUT2D eigenvalue weighted by molar-refractivity contribution is -0.126. The molecule has 6 heteroatoms. The lowest BCUT2D eigenvalue weighted by Gasteiger charge is -2.19. The Labute approximate surface area is 90.9 Å². The molecule has 1 aromatic rings. The van der Waals surface area contributed by atoms with Crippen LogP contribution in [0.15, 0.2) is 6.20 Å². The van der Waals surface area contributed by atoms with Crippen molar-refractivity contribution in [3.63, 3.8) is 0 Å². The minimum absolute atomic E-state index is 0.256. The van der Waals surface area contributed by atoms with E-state index in [0.717, 1.165) is 5.69 Å². The molecule has 1 aliphatic rings. The number of fused-ring (bicyclic) bond motifs is 1. The van der Waals surface area contributed by atoms with E-state index >= 15 is 0 Å². The van der Waals surface area contributed by atoms with Crippen LogP contribution in [0.25, 0.3) is 0 Å². The Morgan fingerprint density at radius 2 is 2.47 bits per heavy atom. The van der Waals surface area contributed by atoms with Crippen molar-refractivity contribution in [1.82, 2.24) is 9.19 Å². The summed E-state index contributed by atoms with van der Waals surface area (Å²) in [5.74, 6) is -0.549. The molecule has 1 unspecified atom stereocenters. The van der Waals surface area contributed by atoms with Gasteiger partial charge in [-0.25, -0.2) is 4.09 Å². The number of Topliss-reactive ketones (excluding diaryl/α,β-unsaturated/α-hetero) is 2. The van der Waals surface area contributed by atoms with Crippen molar-refractivity contribution >= 4 is 23.5 Å². The van der Waals surface area contributed by atoms with Crippen LogP contribution in [-0.4, -0.2) is 33.1 Å². The molecule has 0 aromatic carbocycles. The van der Waals surface area contributed by atoms with Crippen molar-refractivity contribution in [2.75, 3.05) is 6.26 Å². The van der Waals surface area contributed by atoms with Gasteiger partial charge in [-0.3, -0.25) is 9.59 Å². The maximum absolute atomic E-state index is 11.8. The number of nitrogens with zero attached hydrogens (tertiary/aromatic N) is 2. The van der Waals surface area contributed by atoms with Gasteiger partial charge in [-0.15, -0.1) is 0 Å². The fourth-order valence-corrected chi connectivity index (χ4v) is 2.05. The molecule has 0 saturated carbocycles. The first kappa shape index (κ1) is 10.4. The van der Waals surface area contributed by atoms with E-state index in [-0.39, 0.29) is 18.2 Å². The molecule has 0 radical (unpaired) electrons. The van der Waals surface area contributed by atoms with Gasteiger partial charge in [0.2, 0.25) is 5.78 Å². The zero-order valence-corrected chi connectivity index (χ0v) is 9.21. The molecule has 2 rings (SSSR count). The molecule has 1 atom stereocenters. The molecule has 5 nitrogen and oxygen atoms in total. The van der Waals surface area contributed by atoms with Gasteiger partial charge < -0.3 is 4.74 Å². The minimum Gasteiger partial charge on any atom is -0.356 e.